The Morgan fingerprint density at radius 2 is 2.10 bits per heavy atom. The van der Waals surface area contributed by atoms with Crippen molar-refractivity contribution >= 4 is 23.1 Å². The highest BCUT2D eigenvalue weighted by Crippen LogP contribution is 2.36. The summed E-state index contributed by atoms with van der Waals surface area (Å²) in [5, 5.41) is 21.4. The molecular weight excluding hydrogens is 410 g/mol. The predicted molar refractivity (Wildman–Crippen MR) is 121 cm³/mol. The number of anilines is 1. The van der Waals surface area contributed by atoms with Crippen LogP contribution in [0.2, 0.25) is 5.15 Å². The quantitative estimate of drug-likeness (QED) is 0.475. The molecule has 1 saturated heterocycles. The second kappa shape index (κ2) is 7.99. The van der Waals surface area contributed by atoms with Gasteiger partial charge in [0.05, 0.1) is 17.2 Å². The van der Waals surface area contributed by atoms with Crippen LogP contribution in [0.25, 0.3) is 28.0 Å². The molecule has 4 aromatic rings. The Morgan fingerprint density at radius 3 is 2.87 bits per heavy atom. The van der Waals surface area contributed by atoms with Gasteiger partial charge in [-0.15, -0.1) is 0 Å². The fourth-order valence-corrected chi connectivity index (χ4v) is 4.22. The molecule has 0 bridgehead atoms. The summed E-state index contributed by atoms with van der Waals surface area (Å²) < 4.78 is 1.77. The largest absolute Gasteiger partial charge is 0.366 e. The second-order valence-corrected chi connectivity index (χ2v) is 8.04. The molecule has 31 heavy (non-hydrogen) atoms. The first-order chi connectivity index (χ1) is 15.1. The van der Waals surface area contributed by atoms with Crippen molar-refractivity contribution in [3.8, 4) is 28.5 Å². The molecule has 1 aliphatic heterocycles. The van der Waals surface area contributed by atoms with Crippen LogP contribution < -0.4 is 10.6 Å². The van der Waals surface area contributed by atoms with E-state index < -0.39 is 0 Å². The first kappa shape index (κ1) is 19.5. The van der Waals surface area contributed by atoms with E-state index in [2.05, 4.69) is 21.7 Å². The Labute approximate surface area is 184 Å². The van der Waals surface area contributed by atoms with Crippen LogP contribution in [-0.4, -0.2) is 38.7 Å². The summed E-state index contributed by atoms with van der Waals surface area (Å²) in [6.07, 6.45) is 2.97. The zero-order valence-electron chi connectivity index (χ0n) is 16.9. The van der Waals surface area contributed by atoms with Crippen molar-refractivity contribution in [2.45, 2.75) is 19.4 Å². The average molecular weight is 430 g/mol. The number of halogens is 1. The van der Waals surface area contributed by atoms with E-state index in [1.54, 1.807) is 10.6 Å². The zero-order valence-corrected chi connectivity index (χ0v) is 17.7. The number of nitrogens with one attached hydrogen (secondary N) is 2. The van der Waals surface area contributed by atoms with Crippen molar-refractivity contribution < 1.29 is 0 Å². The number of fused-ring (bicyclic) bond motifs is 1. The van der Waals surface area contributed by atoms with Crippen LogP contribution in [0.3, 0.4) is 0 Å². The van der Waals surface area contributed by atoms with Crippen LogP contribution in [0.5, 0.6) is 0 Å². The lowest BCUT2D eigenvalue weighted by molar-refractivity contribution is 0.786. The highest BCUT2D eigenvalue weighted by molar-refractivity contribution is 6.29. The van der Waals surface area contributed by atoms with Gasteiger partial charge in [-0.1, -0.05) is 23.7 Å². The van der Waals surface area contributed by atoms with Crippen molar-refractivity contribution in [3.05, 3.63) is 65.1 Å². The number of aromatic nitrogens is 4. The molecule has 1 aromatic carbocycles. The molecule has 0 aliphatic carbocycles. The summed E-state index contributed by atoms with van der Waals surface area (Å²) in [5.74, 6) is 0.802. The molecule has 5 rings (SSSR count). The number of hydrogen-bond acceptors (Lipinski definition) is 6. The molecule has 3 aromatic heterocycles. The van der Waals surface area contributed by atoms with Crippen molar-refractivity contribution in [2.75, 3.05) is 18.4 Å². The third kappa shape index (κ3) is 3.83. The van der Waals surface area contributed by atoms with Crippen LogP contribution >= 0.6 is 11.6 Å². The Bertz CT molecular complexity index is 1300. The van der Waals surface area contributed by atoms with Gasteiger partial charge in [-0.25, -0.2) is 14.5 Å². The number of hydrogen-bond donors (Lipinski definition) is 2. The summed E-state index contributed by atoms with van der Waals surface area (Å²) in [6, 6.07) is 15.7. The van der Waals surface area contributed by atoms with Crippen molar-refractivity contribution in [3.63, 3.8) is 0 Å². The molecule has 0 spiro atoms. The number of benzene rings is 1. The lowest BCUT2D eigenvalue weighted by atomic mass is 10.00. The maximum Gasteiger partial charge on any atom is 0.165 e. The minimum absolute atomic E-state index is 0.353. The van der Waals surface area contributed by atoms with Gasteiger partial charge in [0.25, 0.3) is 0 Å². The molecule has 8 heteroatoms. The maximum atomic E-state index is 9.35. The number of nitrogens with zero attached hydrogens (tertiary/aromatic N) is 5. The Balaban J connectivity index is 1.72. The molecule has 0 amide bonds. The van der Waals surface area contributed by atoms with Crippen molar-refractivity contribution in [2.24, 2.45) is 0 Å². The molecule has 4 heterocycles. The topological polar surface area (TPSA) is 90.9 Å². The molecule has 154 valence electrons. The van der Waals surface area contributed by atoms with Crippen molar-refractivity contribution in [1.82, 2.24) is 24.9 Å². The zero-order chi connectivity index (χ0) is 21.4. The van der Waals surface area contributed by atoms with Gasteiger partial charge in [-0.3, -0.25) is 0 Å². The summed E-state index contributed by atoms with van der Waals surface area (Å²) in [5.41, 5.74) is 5.44. The molecule has 1 atom stereocenters. The normalized spacial score (nSPS) is 15.8. The number of aryl methyl sites for hydroxylation is 1. The Hall–Kier alpha value is -3.47. The molecule has 1 fully saturated rings. The van der Waals surface area contributed by atoms with Crippen LogP contribution in [-0.2, 0) is 0 Å². The second-order valence-electron chi connectivity index (χ2n) is 7.65. The molecule has 0 unspecified atom stereocenters. The molecule has 1 aliphatic rings. The van der Waals surface area contributed by atoms with E-state index in [0.29, 0.717) is 16.8 Å². The number of pyridine rings is 1. The smallest absolute Gasteiger partial charge is 0.165 e. The third-order valence-corrected chi connectivity index (χ3v) is 5.57. The first-order valence-corrected chi connectivity index (χ1v) is 10.5. The molecule has 2 N–H and O–H groups in total. The predicted octanol–water partition coefficient (Wildman–Crippen LogP) is 4.07. The van der Waals surface area contributed by atoms with Gasteiger partial charge in [0.15, 0.2) is 5.65 Å². The monoisotopic (exact) mass is 429 g/mol. The van der Waals surface area contributed by atoms with Gasteiger partial charge in [-0.05, 0) is 55.8 Å². The SMILES string of the molecule is Cc1cc(-c2c(-c3cccc(C#N)c3)nn3ccc(N[C@@H]4CCNC4)nc23)cc(Cl)n1. The van der Waals surface area contributed by atoms with Gasteiger partial charge < -0.3 is 10.6 Å². The number of nitriles is 1. The van der Waals surface area contributed by atoms with Crippen LogP contribution in [0, 0.1) is 18.3 Å². The van der Waals surface area contributed by atoms with E-state index >= 15 is 0 Å². The minimum Gasteiger partial charge on any atom is -0.366 e. The van der Waals surface area contributed by atoms with Crippen LogP contribution in [0.15, 0.2) is 48.7 Å². The van der Waals surface area contributed by atoms with Crippen LogP contribution in [0.4, 0.5) is 5.82 Å². The minimum atomic E-state index is 0.353. The molecular formula is C23H20ClN7. The van der Waals surface area contributed by atoms with Crippen molar-refractivity contribution in [1.29, 1.82) is 5.26 Å². The highest BCUT2D eigenvalue weighted by Gasteiger charge is 2.20. The maximum absolute atomic E-state index is 9.35. The fourth-order valence-electron chi connectivity index (χ4n) is 3.97. The van der Waals surface area contributed by atoms with Gasteiger partial charge in [0.1, 0.15) is 16.7 Å². The average Bonchev–Trinajstić information content (AvgIpc) is 3.40. The van der Waals surface area contributed by atoms with Crippen LogP contribution in [0.1, 0.15) is 17.7 Å². The molecule has 0 saturated carbocycles. The summed E-state index contributed by atoms with van der Waals surface area (Å²) in [4.78, 5) is 9.19. The van der Waals surface area contributed by atoms with E-state index in [1.165, 1.54) is 0 Å². The van der Waals surface area contributed by atoms with E-state index in [4.69, 9.17) is 21.7 Å². The number of rotatable bonds is 4. The first-order valence-electron chi connectivity index (χ1n) is 10.1. The lowest BCUT2D eigenvalue weighted by Gasteiger charge is -2.12. The molecule has 0 radical (unpaired) electrons. The summed E-state index contributed by atoms with van der Waals surface area (Å²) >= 11 is 6.29. The van der Waals surface area contributed by atoms with Gasteiger partial charge in [0, 0.05) is 30.0 Å². The highest BCUT2D eigenvalue weighted by atomic mass is 35.5. The van der Waals surface area contributed by atoms with Gasteiger partial charge in [0.2, 0.25) is 0 Å². The Morgan fingerprint density at radius 1 is 1.19 bits per heavy atom. The third-order valence-electron chi connectivity index (χ3n) is 5.37. The van der Waals surface area contributed by atoms with E-state index in [9.17, 15) is 5.26 Å². The summed E-state index contributed by atoms with van der Waals surface area (Å²) in [6.45, 7) is 3.83. The fraction of sp³-hybridized carbons (Fsp3) is 0.217. The molecule has 7 nitrogen and oxygen atoms in total. The van der Waals surface area contributed by atoms with E-state index in [-0.39, 0.29) is 0 Å². The van der Waals surface area contributed by atoms with Gasteiger partial charge in [-0.2, -0.15) is 10.4 Å². The van der Waals surface area contributed by atoms with E-state index in [1.807, 2.05) is 49.5 Å². The van der Waals surface area contributed by atoms with Gasteiger partial charge >= 0.3 is 0 Å². The van der Waals surface area contributed by atoms with E-state index in [0.717, 1.165) is 59.1 Å². The summed E-state index contributed by atoms with van der Waals surface area (Å²) in [7, 11) is 0. The standard InChI is InChI=1S/C23H20ClN7/c1-14-9-17(11-19(24)27-14)21-22(16-4-2-3-15(10-16)12-25)30-31-8-6-20(29-23(21)31)28-18-5-7-26-13-18/h2-4,6,8-11,18,26H,5,7,13H2,1H3,(H,28,29)/t18-/m1/s1. The Kier molecular flexibility index (Phi) is 5.02. The lowest BCUT2D eigenvalue weighted by Crippen LogP contribution is -2.22.